The van der Waals surface area contributed by atoms with Crippen LogP contribution in [-0.2, 0) is 4.74 Å². The van der Waals surface area contributed by atoms with E-state index in [1.54, 1.807) is 0 Å². The Balaban J connectivity index is 1.71. The molecule has 3 heterocycles. The van der Waals surface area contributed by atoms with Crippen molar-refractivity contribution in [1.29, 1.82) is 0 Å². The summed E-state index contributed by atoms with van der Waals surface area (Å²) >= 11 is 1.81. The van der Waals surface area contributed by atoms with Crippen LogP contribution in [0.15, 0.2) is 5.38 Å². The van der Waals surface area contributed by atoms with E-state index in [4.69, 9.17) is 9.72 Å². The van der Waals surface area contributed by atoms with Crippen molar-refractivity contribution in [3.05, 3.63) is 16.1 Å². The average molecular weight is 238 g/mol. The zero-order chi connectivity index (χ0) is 10.8. The Labute approximate surface area is 100 Å². The highest BCUT2D eigenvalue weighted by molar-refractivity contribution is 7.09. The molecule has 1 aromatic rings. The van der Waals surface area contributed by atoms with Gasteiger partial charge in [-0.2, -0.15) is 0 Å². The van der Waals surface area contributed by atoms with Crippen LogP contribution in [0.1, 0.15) is 48.3 Å². The van der Waals surface area contributed by atoms with E-state index in [0.717, 1.165) is 26.2 Å². The zero-order valence-corrected chi connectivity index (χ0v) is 10.3. The van der Waals surface area contributed by atoms with Crippen molar-refractivity contribution in [1.82, 2.24) is 10.3 Å². The minimum atomic E-state index is 0.509. The number of ether oxygens (including phenoxy) is 1. The molecule has 2 fully saturated rings. The van der Waals surface area contributed by atoms with Crippen molar-refractivity contribution in [2.24, 2.45) is 0 Å². The molecule has 0 spiro atoms. The van der Waals surface area contributed by atoms with Crippen LogP contribution in [0.3, 0.4) is 0 Å². The summed E-state index contributed by atoms with van der Waals surface area (Å²) in [6.45, 7) is 2.91. The summed E-state index contributed by atoms with van der Waals surface area (Å²) in [5, 5.41) is 7.06. The summed E-state index contributed by atoms with van der Waals surface area (Å²) in [6.07, 6.45) is 5.03. The molecule has 3 rings (SSSR count). The molecule has 0 saturated carbocycles. The van der Waals surface area contributed by atoms with Gasteiger partial charge in [-0.15, -0.1) is 11.3 Å². The highest BCUT2D eigenvalue weighted by Gasteiger charge is 2.23. The van der Waals surface area contributed by atoms with Gasteiger partial charge >= 0.3 is 0 Å². The molecule has 0 bridgehead atoms. The smallest absolute Gasteiger partial charge is 0.110 e. The number of nitrogens with zero attached hydrogens (tertiary/aromatic N) is 1. The number of piperidine rings is 1. The minimum Gasteiger partial charge on any atom is -0.381 e. The number of hydrogen-bond acceptors (Lipinski definition) is 4. The van der Waals surface area contributed by atoms with Crippen LogP contribution in [0.25, 0.3) is 0 Å². The van der Waals surface area contributed by atoms with E-state index in [-0.39, 0.29) is 0 Å². The SMILES string of the molecule is c1sc(C2CCCCN2)nc1C1CCOC1. The van der Waals surface area contributed by atoms with E-state index < -0.39 is 0 Å². The normalized spacial score (nSPS) is 30.8. The van der Waals surface area contributed by atoms with Crippen molar-refractivity contribution < 1.29 is 4.74 Å². The van der Waals surface area contributed by atoms with Crippen molar-refractivity contribution in [2.75, 3.05) is 19.8 Å². The van der Waals surface area contributed by atoms with Crippen LogP contribution in [-0.4, -0.2) is 24.7 Å². The molecule has 2 saturated heterocycles. The number of nitrogens with one attached hydrogen (secondary N) is 1. The largest absolute Gasteiger partial charge is 0.381 e. The van der Waals surface area contributed by atoms with Crippen molar-refractivity contribution >= 4 is 11.3 Å². The molecule has 0 aromatic carbocycles. The third-order valence-electron chi connectivity index (χ3n) is 3.50. The highest BCUT2D eigenvalue weighted by Crippen LogP contribution is 2.30. The molecule has 16 heavy (non-hydrogen) atoms. The number of aromatic nitrogens is 1. The van der Waals surface area contributed by atoms with Crippen LogP contribution in [0.5, 0.6) is 0 Å². The molecule has 0 amide bonds. The molecule has 1 aromatic heterocycles. The fourth-order valence-electron chi connectivity index (χ4n) is 2.48. The number of rotatable bonds is 2. The van der Waals surface area contributed by atoms with Gasteiger partial charge in [0.1, 0.15) is 5.01 Å². The average Bonchev–Trinajstić information content (AvgIpc) is 3.01. The molecule has 4 heteroatoms. The number of thiazole rings is 1. The van der Waals surface area contributed by atoms with Gasteiger partial charge in [-0.05, 0) is 25.8 Å². The second-order valence-electron chi connectivity index (χ2n) is 4.67. The first-order valence-electron chi connectivity index (χ1n) is 6.20. The Morgan fingerprint density at radius 2 is 2.38 bits per heavy atom. The summed E-state index contributed by atoms with van der Waals surface area (Å²) in [7, 11) is 0. The summed E-state index contributed by atoms with van der Waals surface area (Å²) in [5.74, 6) is 0.550. The van der Waals surface area contributed by atoms with E-state index in [9.17, 15) is 0 Å². The van der Waals surface area contributed by atoms with Gasteiger partial charge in [0.05, 0.1) is 18.3 Å². The molecule has 2 atom stereocenters. The van der Waals surface area contributed by atoms with Crippen LogP contribution in [0.4, 0.5) is 0 Å². The first kappa shape index (κ1) is 10.7. The zero-order valence-electron chi connectivity index (χ0n) is 9.45. The first-order chi connectivity index (χ1) is 7.93. The molecule has 2 unspecified atom stereocenters. The summed E-state index contributed by atoms with van der Waals surface area (Å²) in [4.78, 5) is 4.79. The molecule has 2 aliphatic rings. The van der Waals surface area contributed by atoms with Gasteiger partial charge in [0.15, 0.2) is 0 Å². The fourth-order valence-corrected chi connectivity index (χ4v) is 3.49. The topological polar surface area (TPSA) is 34.2 Å². The van der Waals surface area contributed by atoms with Crippen LogP contribution < -0.4 is 5.32 Å². The van der Waals surface area contributed by atoms with Crippen LogP contribution >= 0.6 is 11.3 Å². The quantitative estimate of drug-likeness (QED) is 0.859. The second kappa shape index (κ2) is 4.82. The van der Waals surface area contributed by atoms with Crippen LogP contribution in [0, 0.1) is 0 Å². The molecule has 0 aliphatic carbocycles. The first-order valence-corrected chi connectivity index (χ1v) is 7.08. The van der Waals surface area contributed by atoms with Crippen molar-refractivity contribution in [2.45, 2.75) is 37.6 Å². The predicted molar refractivity (Wildman–Crippen MR) is 64.9 cm³/mol. The van der Waals surface area contributed by atoms with Gasteiger partial charge in [-0.1, -0.05) is 6.42 Å². The fraction of sp³-hybridized carbons (Fsp3) is 0.750. The van der Waals surface area contributed by atoms with E-state index in [2.05, 4.69) is 10.7 Å². The van der Waals surface area contributed by atoms with E-state index in [0.29, 0.717) is 12.0 Å². The van der Waals surface area contributed by atoms with Crippen molar-refractivity contribution in [3.63, 3.8) is 0 Å². The Morgan fingerprint density at radius 3 is 3.12 bits per heavy atom. The second-order valence-corrected chi connectivity index (χ2v) is 5.56. The monoisotopic (exact) mass is 238 g/mol. The standard InChI is InChI=1S/C12H18N2OS/c1-2-5-13-10(3-1)12-14-11(8-16-12)9-4-6-15-7-9/h8-10,13H,1-7H2. The van der Waals surface area contributed by atoms with E-state index in [1.807, 2.05) is 11.3 Å². The third-order valence-corrected chi connectivity index (χ3v) is 4.47. The van der Waals surface area contributed by atoms with E-state index in [1.165, 1.54) is 30.0 Å². The summed E-state index contributed by atoms with van der Waals surface area (Å²) < 4.78 is 5.42. The molecule has 0 radical (unpaired) electrons. The Morgan fingerprint density at radius 1 is 1.38 bits per heavy atom. The van der Waals surface area contributed by atoms with E-state index >= 15 is 0 Å². The summed E-state index contributed by atoms with van der Waals surface area (Å²) in [5.41, 5.74) is 1.25. The molecule has 3 nitrogen and oxygen atoms in total. The van der Waals surface area contributed by atoms with Gasteiger partial charge in [-0.25, -0.2) is 4.98 Å². The lowest BCUT2D eigenvalue weighted by atomic mass is 10.0. The molecule has 1 N–H and O–H groups in total. The Kier molecular flexibility index (Phi) is 3.22. The third kappa shape index (κ3) is 2.14. The van der Waals surface area contributed by atoms with Gasteiger partial charge in [0, 0.05) is 17.9 Å². The summed E-state index contributed by atoms with van der Waals surface area (Å²) in [6, 6.07) is 0.509. The maximum atomic E-state index is 5.42. The molecular formula is C12H18N2OS. The maximum Gasteiger partial charge on any atom is 0.110 e. The molecule has 88 valence electrons. The lowest BCUT2D eigenvalue weighted by molar-refractivity contribution is 0.193. The lowest BCUT2D eigenvalue weighted by Crippen LogP contribution is -2.26. The van der Waals surface area contributed by atoms with Crippen LogP contribution in [0.2, 0.25) is 0 Å². The Hall–Kier alpha value is -0.450. The van der Waals surface area contributed by atoms with Gasteiger partial charge < -0.3 is 10.1 Å². The minimum absolute atomic E-state index is 0.509. The molecule has 2 aliphatic heterocycles. The Bertz CT molecular complexity index is 341. The maximum absolute atomic E-state index is 5.42. The van der Waals surface area contributed by atoms with Gasteiger partial charge in [-0.3, -0.25) is 0 Å². The van der Waals surface area contributed by atoms with Gasteiger partial charge in [0.2, 0.25) is 0 Å². The highest BCUT2D eigenvalue weighted by atomic mass is 32.1. The lowest BCUT2D eigenvalue weighted by Gasteiger charge is -2.21. The predicted octanol–water partition coefficient (Wildman–Crippen LogP) is 2.46. The number of hydrogen-bond donors (Lipinski definition) is 1. The van der Waals surface area contributed by atoms with Gasteiger partial charge in [0.25, 0.3) is 0 Å². The van der Waals surface area contributed by atoms with Crippen molar-refractivity contribution in [3.8, 4) is 0 Å². The molecular weight excluding hydrogens is 220 g/mol.